The summed E-state index contributed by atoms with van der Waals surface area (Å²) in [5.41, 5.74) is 0. The fourth-order valence-corrected chi connectivity index (χ4v) is 2.88. The van der Waals surface area contributed by atoms with Crippen molar-refractivity contribution in [3.8, 4) is 0 Å². The van der Waals surface area contributed by atoms with Gasteiger partial charge in [-0.2, -0.15) is 0 Å². The molecule has 2 nitrogen and oxygen atoms in total. The van der Waals surface area contributed by atoms with Gasteiger partial charge in [-0.3, -0.25) is 0 Å². The second kappa shape index (κ2) is 5.19. The van der Waals surface area contributed by atoms with Crippen molar-refractivity contribution in [2.75, 3.05) is 11.9 Å². The number of nitrogens with one attached hydrogen (secondary N) is 1. The van der Waals surface area contributed by atoms with Crippen LogP contribution in [0.25, 0.3) is 0 Å². The molecule has 1 N–H and O–H groups in total. The molecule has 2 aromatic heterocycles. The average Bonchev–Trinajstić information content (AvgIpc) is 2.71. The predicted molar refractivity (Wildman–Crippen MR) is 66.8 cm³/mol. The normalized spacial score (nSPS) is 10.2. The molecule has 4 heteroatoms. The second-order valence-corrected chi connectivity index (χ2v) is 5.19. The minimum Gasteiger partial charge on any atom is -0.370 e. The van der Waals surface area contributed by atoms with Crippen LogP contribution in [-0.2, 0) is 0 Å². The summed E-state index contributed by atoms with van der Waals surface area (Å²) < 4.78 is 1.27. The zero-order chi connectivity index (χ0) is 10.5. The first-order valence-corrected chi connectivity index (χ1v) is 6.50. The molecule has 2 heterocycles. The molecule has 0 unspecified atom stereocenters. The number of nitrogens with zero attached hydrogens (tertiary/aromatic N) is 1. The van der Waals surface area contributed by atoms with E-state index in [1.165, 1.54) is 4.21 Å². The number of hydrogen-bond donors (Lipinski definition) is 1. The van der Waals surface area contributed by atoms with Gasteiger partial charge in [0.05, 0.1) is 4.21 Å². The first-order chi connectivity index (χ1) is 7.38. The molecule has 0 spiro atoms. The van der Waals surface area contributed by atoms with Gasteiger partial charge in [-0.25, -0.2) is 4.98 Å². The van der Waals surface area contributed by atoms with Crippen LogP contribution in [0.5, 0.6) is 0 Å². The molecule has 0 aliphatic rings. The monoisotopic (exact) mass is 236 g/mol. The highest BCUT2D eigenvalue weighted by Gasteiger charge is 2.00. The quantitative estimate of drug-likeness (QED) is 0.875. The van der Waals surface area contributed by atoms with Crippen molar-refractivity contribution in [2.24, 2.45) is 0 Å². The maximum atomic E-state index is 4.50. The fourth-order valence-electron chi connectivity index (χ4n) is 1.18. The highest BCUT2D eigenvalue weighted by atomic mass is 32.2. The fraction of sp³-hybridized carbons (Fsp3) is 0.182. The van der Waals surface area contributed by atoms with Crippen LogP contribution >= 0.6 is 23.1 Å². The van der Waals surface area contributed by atoms with E-state index in [-0.39, 0.29) is 0 Å². The van der Waals surface area contributed by atoms with E-state index in [1.54, 1.807) is 23.1 Å². The lowest BCUT2D eigenvalue weighted by atomic mass is 10.4. The highest BCUT2D eigenvalue weighted by Crippen LogP contribution is 2.30. The molecular formula is C11H12N2S2. The lowest BCUT2D eigenvalue weighted by Crippen LogP contribution is -1.98. The van der Waals surface area contributed by atoms with Gasteiger partial charge in [0.2, 0.25) is 0 Å². The number of pyridine rings is 1. The minimum absolute atomic E-state index is 0.903. The van der Waals surface area contributed by atoms with E-state index in [0.717, 1.165) is 17.4 Å². The van der Waals surface area contributed by atoms with Crippen molar-refractivity contribution in [3.63, 3.8) is 0 Å². The van der Waals surface area contributed by atoms with Gasteiger partial charge in [0.25, 0.3) is 0 Å². The lowest BCUT2D eigenvalue weighted by Gasteiger charge is -2.03. The van der Waals surface area contributed by atoms with E-state index in [1.807, 2.05) is 18.2 Å². The van der Waals surface area contributed by atoms with Crippen molar-refractivity contribution < 1.29 is 0 Å². The zero-order valence-electron chi connectivity index (χ0n) is 8.43. The molecule has 0 aliphatic heterocycles. The summed E-state index contributed by atoms with van der Waals surface area (Å²) in [5.74, 6) is 0.944. The van der Waals surface area contributed by atoms with Gasteiger partial charge >= 0.3 is 0 Å². The van der Waals surface area contributed by atoms with Gasteiger partial charge in [-0.1, -0.05) is 23.9 Å². The Balaban J connectivity index is 2.11. The number of aromatic nitrogens is 1. The Bertz CT molecular complexity index is 412. The molecular weight excluding hydrogens is 224 g/mol. The molecule has 0 aromatic carbocycles. The molecule has 0 saturated heterocycles. The van der Waals surface area contributed by atoms with Gasteiger partial charge in [0, 0.05) is 6.54 Å². The van der Waals surface area contributed by atoms with E-state index < -0.39 is 0 Å². The van der Waals surface area contributed by atoms with Crippen LogP contribution in [0.4, 0.5) is 5.82 Å². The Morgan fingerprint density at radius 2 is 2.27 bits per heavy atom. The van der Waals surface area contributed by atoms with Crippen molar-refractivity contribution in [1.29, 1.82) is 0 Å². The lowest BCUT2D eigenvalue weighted by molar-refractivity contribution is 1.09. The zero-order valence-corrected chi connectivity index (χ0v) is 10.1. The van der Waals surface area contributed by atoms with Crippen LogP contribution in [0.2, 0.25) is 0 Å². The summed E-state index contributed by atoms with van der Waals surface area (Å²) in [5, 5.41) is 6.32. The van der Waals surface area contributed by atoms with Crippen LogP contribution in [-0.4, -0.2) is 11.5 Å². The number of thiophene rings is 1. The van der Waals surface area contributed by atoms with E-state index in [2.05, 4.69) is 34.7 Å². The highest BCUT2D eigenvalue weighted by molar-refractivity contribution is 8.01. The molecule has 0 aliphatic carbocycles. The largest absolute Gasteiger partial charge is 0.370 e. The minimum atomic E-state index is 0.903. The van der Waals surface area contributed by atoms with Crippen LogP contribution < -0.4 is 5.32 Å². The Kier molecular flexibility index (Phi) is 3.64. The Morgan fingerprint density at radius 3 is 3.00 bits per heavy atom. The summed E-state index contributed by atoms with van der Waals surface area (Å²) in [6.07, 6.45) is 0. The van der Waals surface area contributed by atoms with Crippen LogP contribution in [0.3, 0.4) is 0 Å². The third kappa shape index (κ3) is 2.97. The molecule has 78 valence electrons. The van der Waals surface area contributed by atoms with Crippen molar-refractivity contribution in [2.45, 2.75) is 16.2 Å². The molecule has 0 bridgehead atoms. The molecule has 2 rings (SSSR count). The topological polar surface area (TPSA) is 24.9 Å². The van der Waals surface area contributed by atoms with E-state index in [4.69, 9.17) is 0 Å². The van der Waals surface area contributed by atoms with Gasteiger partial charge in [0.1, 0.15) is 10.8 Å². The summed E-state index contributed by atoms with van der Waals surface area (Å²) in [6, 6.07) is 10.2. The first kappa shape index (κ1) is 10.5. The van der Waals surface area contributed by atoms with Crippen LogP contribution in [0.1, 0.15) is 6.92 Å². The molecule has 0 radical (unpaired) electrons. The second-order valence-electron chi connectivity index (χ2n) is 2.93. The maximum absolute atomic E-state index is 4.50. The molecule has 0 amide bonds. The Morgan fingerprint density at radius 1 is 1.33 bits per heavy atom. The predicted octanol–water partition coefficient (Wildman–Crippen LogP) is 3.73. The van der Waals surface area contributed by atoms with Gasteiger partial charge < -0.3 is 5.32 Å². The summed E-state index contributed by atoms with van der Waals surface area (Å²) in [6.45, 7) is 2.97. The Labute approximate surface area is 97.8 Å². The summed E-state index contributed by atoms with van der Waals surface area (Å²) >= 11 is 3.44. The molecule has 0 fully saturated rings. The van der Waals surface area contributed by atoms with E-state index in [9.17, 15) is 0 Å². The Hall–Kier alpha value is -1.00. The van der Waals surface area contributed by atoms with Crippen molar-refractivity contribution >= 4 is 28.9 Å². The number of hydrogen-bond acceptors (Lipinski definition) is 4. The van der Waals surface area contributed by atoms with E-state index in [0.29, 0.717) is 0 Å². The van der Waals surface area contributed by atoms with E-state index >= 15 is 0 Å². The summed E-state index contributed by atoms with van der Waals surface area (Å²) in [7, 11) is 0. The van der Waals surface area contributed by atoms with Crippen molar-refractivity contribution in [3.05, 3.63) is 35.7 Å². The molecule has 0 atom stereocenters. The third-order valence-electron chi connectivity index (χ3n) is 1.78. The first-order valence-electron chi connectivity index (χ1n) is 4.81. The smallest absolute Gasteiger partial charge is 0.127 e. The van der Waals surface area contributed by atoms with Crippen LogP contribution in [0, 0.1) is 0 Å². The number of anilines is 1. The SMILES string of the molecule is CCNc1cccc(Sc2cccs2)n1. The number of rotatable bonds is 4. The van der Waals surface area contributed by atoms with Crippen LogP contribution in [0.15, 0.2) is 44.9 Å². The summed E-state index contributed by atoms with van der Waals surface area (Å²) in [4.78, 5) is 4.50. The standard InChI is InChI=1S/C11H12N2S2/c1-2-12-9-5-3-6-10(13-9)15-11-7-4-8-14-11/h3-8H,2H2,1H3,(H,12,13). The van der Waals surface area contributed by atoms with Gasteiger partial charge in [0.15, 0.2) is 0 Å². The molecule has 0 saturated carbocycles. The molecule has 2 aromatic rings. The molecule has 15 heavy (non-hydrogen) atoms. The van der Waals surface area contributed by atoms with Crippen molar-refractivity contribution in [1.82, 2.24) is 4.98 Å². The maximum Gasteiger partial charge on any atom is 0.127 e. The average molecular weight is 236 g/mol. The van der Waals surface area contributed by atoms with Gasteiger partial charge in [-0.05, 0) is 30.5 Å². The third-order valence-corrected chi connectivity index (χ3v) is 3.76. The van der Waals surface area contributed by atoms with Gasteiger partial charge in [-0.15, -0.1) is 11.3 Å².